The first-order chi connectivity index (χ1) is 10.2. The van der Waals surface area contributed by atoms with Crippen LogP contribution in [-0.2, 0) is 0 Å². The van der Waals surface area contributed by atoms with E-state index in [0.717, 1.165) is 26.2 Å². The van der Waals surface area contributed by atoms with Crippen LogP contribution in [0.1, 0.15) is 29.6 Å². The van der Waals surface area contributed by atoms with Crippen LogP contribution in [0, 0.1) is 0 Å². The average Bonchev–Trinajstić information content (AvgIpc) is 2.46. The highest BCUT2D eigenvalue weighted by molar-refractivity contribution is 6.00. The SMILES string of the molecule is COc1cccc(O)c1C(=O)N1CC(N2CCCCC2)C1. The summed E-state index contributed by atoms with van der Waals surface area (Å²) in [5.41, 5.74) is 0.275. The van der Waals surface area contributed by atoms with Crippen molar-refractivity contribution in [3.63, 3.8) is 0 Å². The zero-order valence-corrected chi connectivity index (χ0v) is 12.4. The van der Waals surface area contributed by atoms with E-state index in [1.54, 1.807) is 17.0 Å². The van der Waals surface area contributed by atoms with Crippen molar-refractivity contribution in [3.8, 4) is 11.5 Å². The molecule has 3 rings (SSSR count). The molecule has 2 saturated heterocycles. The van der Waals surface area contributed by atoms with Crippen molar-refractivity contribution in [1.82, 2.24) is 9.80 Å². The molecule has 0 bridgehead atoms. The third-order valence-corrected chi connectivity index (χ3v) is 4.49. The lowest BCUT2D eigenvalue weighted by Crippen LogP contribution is -2.61. The lowest BCUT2D eigenvalue weighted by molar-refractivity contribution is 0.0199. The summed E-state index contributed by atoms with van der Waals surface area (Å²) in [5.74, 6) is 0.278. The van der Waals surface area contributed by atoms with E-state index in [-0.39, 0.29) is 17.2 Å². The number of nitrogens with zero attached hydrogens (tertiary/aromatic N) is 2. The van der Waals surface area contributed by atoms with Gasteiger partial charge in [0.1, 0.15) is 17.1 Å². The third-order valence-electron chi connectivity index (χ3n) is 4.49. The lowest BCUT2D eigenvalue weighted by Gasteiger charge is -2.46. The van der Waals surface area contributed by atoms with E-state index >= 15 is 0 Å². The van der Waals surface area contributed by atoms with E-state index in [4.69, 9.17) is 4.74 Å². The van der Waals surface area contributed by atoms with Gasteiger partial charge >= 0.3 is 0 Å². The molecule has 1 aromatic rings. The van der Waals surface area contributed by atoms with Crippen LogP contribution in [-0.4, -0.2) is 60.1 Å². The molecule has 1 aromatic carbocycles. The first-order valence-corrected chi connectivity index (χ1v) is 7.60. The molecule has 114 valence electrons. The Bertz CT molecular complexity index is 520. The molecule has 0 atom stereocenters. The van der Waals surface area contributed by atoms with Crippen molar-refractivity contribution >= 4 is 5.91 Å². The van der Waals surface area contributed by atoms with Crippen molar-refractivity contribution < 1.29 is 14.6 Å². The minimum Gasteiger partial charge on any atom is -0.507 e. The average molecular weight is 290 g/mol. The Labute approximate surface area is 125 Å². The van der Waals surface area contributed by atoms with Crippen LogP contribution in [0.15, 0.2) is 18.2 Å². The molecule has 2 heterocycles. The number of hydrogen-bond acceptors (Lipinski definition) is 4. The summed E-state index contributed by atoms with van der Waals surface area (Å²) in [5, 5.41) is 9.94. The number of methoxy groups -OCH3 is 1. The van der Waals surface area contributed by atoms with E-state index in [0.29, 0.717) is 11.8 Å². The summed E-state index contributed by atoms with van der Waals surface area (Å²) in [7, 11) is 1.51. The first-order valence-electron chi connectivity index (χ1n) is 7.60. The van der Waals surface area contributed by atoms with E-state index in [9.17, 15) is 9.90 Å². The standard InChI is InChI=1S/C16H22N2O3/c1-21-14-7-5-6-13(19)15(14)16(20)18-10-12(11-18)17-8-3-2-4-9-17/h5-7,12,19H,2-4,8-11H2,1H3. The zero-order valence-electron chi connectivity index (χ0n) is 12.4. The van der Waals surface area contributed by atoms with Gasteiger partial charge in [0.15, 0.2) is 0 Å². The summed E-state index contributed by atoms with van der Waals surface area (Å²) in [6, 6.07) is 5.38. The maximum Gasteiger partial charge on any atom is 0.261 e. The molecular formula is C16H22N2O3. The predicted molar refractivity (Wildman–Crippen MR) is 79.8 cm³/mol. The monoisotopic (exact) mass is 290 g/mol. The van der Waals surface area contributed by atoms with Crippen LogP contribution < -0.4 is 4.74 Å². The number of carbonyl (C=O) groups is 1. The number of carbonyl (C=O) groups excluding carboxylic acids is 1. The van der Waals surface area contributed by atoms with Crippen molar-refractivity contribution in [3.05, 3.63) is 23.8 Å². The number of hydrogen-bond donors (Lipinski definition) is 1. The third kappa shape index (κ3) is 2.70. The van der Waals surface area contributed by atoms with Crippen LogP contribution in [0.3, 0.4) is 0 Å². The van der Waals surface area contributed by atoms with Gasteiger partial charge in [0, 0.05) is 19.1 Å². The van der Waals surface area contributed by atoms with Gasteiger partial charge in [-0.05, 0) is 38.1 Å². The number of phenols is 1. The van der Waals surface area contributed by atoms with Crippen LogP contribution in [0.5, 0.6) is 11.5 Å². The molecule has 1 N–H and O–H groups in total. The van der Waals surface area contributed by atoms with Crippen molar-refractivity contribution in [2.45, 2.75) is 25.3 Å². The van der Waals surface area contributed by atoms with E-state index < -0.39 is 0 Å². The molecule has 0 unspecified atom stereocenters. The number of aromatic hydroxyl groups is 1. The predicted octanol–water partition coefficient (Wildman–Crippen LogP) is 1.71. The van der Waals surface area contributed by atoms with Gasteiger partial charge in [-0.2, -0.15) is 0 Å². The smallest absolute Gasteiger partial charge is 0.261 e. The number of likely N-dealkylation sites (tertiary alicyclic amines) is 2. The van der Waals surface area contributed by atoms with Gasteiger partial charge in [-0.3, -0.25) is 9.69 Å². The molecule has 5 heteroatoms. The van der Waals surface area contributed by atoms with Crippen LogP contribution in [0.2, 0.25) is 0 Å². The van der Waals surface area contributed by atoms with Crippen molar-refractivity contribution in [2.75, 3.05) is 33.3 Å². The molecule has 0 aromatic heterocycles. The first kappa shape index (κ1) is 14.2. The normalized spacial score (nSPS) is 20.1. The Balaban J connectivity index is 1.65. The van der Waals surface area contributed by atoms with Crippen molar-refractivity contribution in [2.24, 2.45) is 0 Å². The van der Waals surface area contributed by atoms with Gasteiger partial charge < -0.3 is 14.7 Å². The molecule has 0 spiro atoms. The highest BCUT2D eigenvalue weighted by Crippen LogP contribution is 2.31. The second-order valence-corrected chi connectivity index (χ2v) is 5.81. The molecule has 2 aliphatic rings. The number of piperidine rings is 1. The second kappa shape index (κ2) is 5.93. The lowest BCUT2D eigenvalue weighted by atomic mass is 10.0. The maximum absolute atomic E-state index is 12.5. The Hall–Kier alpha value is -1.75. The quantitative estimate of drug-likeness (QED) is 0.921. The largest absolute Gasteiger partial charge is 0.507 e. The summed E-state index contributed by atoms with van der Waals surface area (Å²) in [6.07, 6.45) is 3.84. The van der Waals surface area contributed by atoms with Gasteiger partial charge in [0.2, 0.25) is 0 Å². The minimum absolute atomic E-state index is 0.0132. The molecule has 0 saturated carbocycles. The van der Waals surface area contributed by atoms with Crippen LogP contribution in [0.25, 0.3) is 0 Å². The van der Waals surface area contributed by atoms with E-state index in [1.165, 1.54) is 32.4 Å². The van der Waals surface area contributed by atoms with Gasteiger partial charge in [-0.15, -0.1) is 0 Å². The Morgan fingerprint density at radius 3 is 2.62 bits per heavy atom. The minimum atomic E-state index is -0.141. The molecule has 1 amide bonds. The van der Waals surface area contributed by atoms with Gasteiger partial charge in [0.05, 0.1) is 7.11 Å². The number of benzene rings is 1. The fraction of sp³-hybridized carbons (Fsp3) is 0.562. The second-order valence-electron chi connectivity index (χ2n) is 5.81. The molecule has 0 radical (unpaired) electrons. The fourth-order valence-corrected chi connectivity index (χ4v) is 3.20. The number of phenolic OH excluding ortho intramolecular Hbond substituents is 1. The van der Waals surface area contributed by atoms with Crippen molar-refractivity contribution in [1.29, 1.82) is 0 Å². The summed E-state index contributed by atoms with van der Waals surface area (Å²) in [6.45, 7) is 3.78. The molecular weight excluding hydrogens is 268 g/mol. The molecule has 21 heavy (non-hydrogen) atoms. The van der Waals surface area contributed by atoms with E-state index in [1.807, 2.05) is 0 Å². The maximum atomic E-state index is 12.5. The van der Waals surface area contributed by atoms with Gasteiger partial charge in [0.25, 0.3) is 5.91 Å². The van der Waals surface area contributed by atoms with Gasteiger partial charge in [-0.25, -0.2) is 0 Å². The fourth-order valence-electron chi connectivity index (χ4n) is 3.20. The zero-order chi connectivity index (χ0) is 14.8. The van der Waals surface area contributed by atoms with Gasteiger partial charge in [-0.1, -0.05) is 12.5 Å². The Morgan fingerprint density at radius 1 is 1.24 bits per heavy atom. The van der Waals surface area contributed by atoms with Crippen LogP contribution in [0.4, 0.5) is 0 Å². The number of rotatable bonds is 3. The van der Waals surface area contributed by atoms with Crippen LogP contribution >= 0.6 is 0 Å². The summed E-state index contributed by atoms with van der Waals surface area (Å²) < 4.78 is 5.19. The summed E-state index contributed by atoms with van der Waals surface area (Å²) in [4.78, 5) is 16.8. The molecule has 0 aliphatic carbocycles. The Kier molecular flexibility index (Phi) is 4.01. The number of ether oxygens (including phenoxy) is 1. The summed E-state index contributed by atoms with van der Waals surface area (Å²) >= 11 is 0. The highest BCUT2D eigenvalue weighted by Gasteiger charge is 2.37. The molecule has 5 nitrogen and oxygen atoms in total. The molecule has 2 aliphatic heterocycles. The molecule has 2 fully saturated rings. The van der Waals surface area contributed by atoms with E-state index in [2.05, 4.69) is 4.90 Å². The Morgan fingerprint density at radius 2 is 1.95 bits per heavy atom. The highest BCUT2D eigenvalue weighted by atomic mass is 16.5. The number of amides is 1. The topological polar surface area (TPSA) is 53.0 Å².